The molecule has 0 saturated heterocycles. The van der Waals surface area contributed by atoms with Crippen molar-refractivity contribution in [2.75, 3.05) is 6.61 Å². The van der Waals surface area contributed by atoms with Gasteiger partial charge in [0.25, 0.3) is 0 Å². The van der Waals surface area contributed by atoms with E-state index in [1.54, 1.807) is 0 Å². The van der Waals surface area contributed by atoms with Gasteiger partial charge in [0.15, 0.2) is 0 Å². The van der Waals surface area contributed by atoms with Crippen LogP contribution in [0.25, 0.3) is 0 Å². The molecule has 0 aliphatic heterocycles. The Morgan fingerprint density at radius 2 is 1.64 bits per heavy atom. The maximum atomic E-state index is 10.3. The first kappa shape index (κ1) is 20.5. The average molecular weight is 308 g/mol. The minimum absolute atomic E-state index is 0.256. The number of aliphatic carboxylic acids is 1. The second-order valence-corrected chi connectivity index (χ2v) is 5.51. The van der Waals surface area contributed by atoms with E-state index in [1.807, 2.05) is 12.1 Å². The molecule has 0 saturated carbocycles. The summed E-state index contributed by atoms with van der Waals surface area (Å²) < 4.78 is 5.63. The fourth-order valence-corrected chi connectivity index (χ4v) is 1.88. The number of ether oxygens (including phenoxy) is 1. The number of carboxylic acid groups (broad SMARTS) is 1. The highest BCUT2D eigenvalue weighted by Gasteiger charge is 1.98. The summed E-state index contributed by atoms with van der Waals surface area (Å²) in [6.45, 7) is 7.11. The number of carbonyl (C=O) groups is 1. The molecule has 22 heavy (non-hydrogen) atoms. The molecule has 0 fully saturated rings. The fraction of sp³-hybridized carbons (Fsp3) is 0.632. The normalized spacial score (nSPS) is 9.77. The zero-order valence-corrected chi connectivity index (χ0v) is 14.4. The Bertz CT molecular complexity index is 371. The van der Waals surface area contributed by atoms with Crippen LogP contribution in [0.3, 0.4) is 0 Å². The van der Waals surface area contributed by atoms with E-state index in [0.717, 1.165) is 31.4 Å². The zero-order chi connectivity index (χ0) is 16.6. The average Bonchev–Trinajstić information content (AvgIpc) is 2.50. The third-order valence-corrected chi connectivity index (χ3v) is 3.05. The summed E-state index contributed by atoms with van der Waals surface area (Å²) in [7, 11) is 0. The molecule has 0 heterocycles. The van der Waals surface area contributed by atoms with E-state index in [4.69, 9.17) is 9.84 Å². The number of hydrogen-bond donors (Lipinski definition) is 1. The lowest BCUT2D eigenvalue weighted by Gasteiger charge is -2.07. The number of benzene rings is 1. The first-order valence-corrected chi connectivity index (χ1v) is 8.57. The molecular formula is C19H32O3. The van der Waals surface area contributed by atoms with Gasteiger partial charge in [-0.05, 0) is 49.8 Å². The lowest BCUT2D eigenvalue weighted by Crippen LogP contribution is -1.99. The zero-order valence-electron chi connectivity index (χ0n) is 14.4. The van der Waals surface area contributed by atoms with E-state index >= 15 is 0 Å². The third kappa shape index (κ3) is 12.2. The Kier molecular flexibility index (Phi) is 13.4. The van der Waals surface area contributed by atoms with Gasteiger partial charge in [-0.2, -0.15) is 0 Å². The van der Waals surface area contributed by atoms with Crippen LogP contribution in [-0.2, 0) is 11.2 Å². The molecule has 1 aromatic rings. The summed E-state index contributed by atoms with van der Waals surface area (Å²) in [4.78, 5) is 10.3. The maximum absolute atomic E-state index is 10.3. The second kappa shape index (κ2) is 14.4. The number of hydrogen-bond acceptors (Lipinski definition) is 2. The summed E-state index contributed by atoms with van der Waals surface area (Å²) in [5.74, 6) is 0.182. The van der Waals surface area contributed by atoms with Crippen LogP contribution in [0.5, 0.6) is 5.75 Å². The van der Waals surface area contributed by atoms with Gasteiger partial charge < -0.3 is 9.84 Å². The molecule has 0 spiro atoms. The molecule has 0 atom stereocenters. The molecular weight excluding hydrogens is 276 g/mol. The van der Waals surface area contributed by atoms with Crippen molar-refractivity contribution in [1.82, 2.24) is 0 Å². The van der Waals surface area contributed by atoms with Crippen molar-refractivity contribution < 1.29 is 14.6 Å². The Labute approximate surface area is 135 Å². The van der Waals surface area contributed by atoms with Crippen LogP contribution in [-0.4, -0.2) is 17.7 Å². The van der Waals surface area contributed by atoms with Crippen molar-refractivity contribution in [3.63, 3.8) is 0 Å². The van der Waals surface area contributed by atoms with Crippen molar-refractivity contribution in [2.45, 2.75) is 72.1 Å². The van der Waals surface area contributed by atoms with Gasteiger partial charge in [-0.25, -0.2) is 0 Å². The van der Waals surface area contributed by atoms with E-state index in [-0.39, 0.29) is 6.42 Å². The molecule has 126 valence electrons. The topological polar surface area (TPSA) is 46.5 Å². The molecule has 0 amide bonds. The van der Waals surface area contributed by atoms with E-state index in [2.05, 4.69) is 32.9 Å². The summed E-state index contributed by atoms with van der Waals surface area (Å²) in [6, 6.07) is 8.27. The Morgan fingerprint density at radius 1 is 1.00 bits per heavy atom. The van der Waals surface area contributed by atoms with Crippen LogP contribution < -0.4 is 4.74 Å². The predicted molar refractivity (Wildman–Crippen MR) is 92.6 cm³/mol. The predicted octanol–water partition coefficient (Wildman–Crippen LogP) is 5.47. The lowest BCUT2D eigenvalue weighted by molar-refractivity contribution is -0.137. The number of unbranched alkanes of at least 4 members (excludes halogenated alkanes) is 3. The van der Waals surface area contributed by atoms with Gasteiger partial charge in [0, 0.05) is 6.42 Å². The Hall–Kier alpha value is -1.51. The van der Waals surface area contributed by atoms with Gasteiger partial charge >= 0.3 is 5.97 Å². The minimum Gasteiger partial charge on any atom is -0.494 e. The van der Waals surface area contributed by atoms with Gasteiger partial charge in [0.2, 0.25) is 0 Å². The second-order valence-electron chi connectivity index (χ2n) is 5.51. The van der Waals surface area contributed by atoms with Crippen molar-refractivity contribution in [2.24, 2.45) is 0 Å². The van der Waals surface area contributed by atoms with Gasteiger partial charge in [-0.1, -0.05) is 45.7 Å². The summed E-state index contributed by atoms with van der Waals surface area (Å²) in [6.07, 6.45) is 7.62. The lowest BCUT2D eigenvalue weighted by atomic mass is 10.1. The van der Waals surface area contributed by atoms with Crippen LogP contribution in [0.4, 0.5) is 0 Å². The smallest absolute Gasteiger partial charge is 0.303 e. The van der Waals surface area contributed by atoms with Crippen molar-refractivity contribution in [1.29, 1.82) is 0 Å². The van der Waals surface area contributed by atoms with E-state index in [9.17, 15) is 4.79 Å². The summed E-state index contributed by atoms with van der Waals surface area (Å²) in [5, 5.41) is 8.50. The maximum Gasteiger partial charge on any atom is 0.303 e. The molecule has 0 bridgehead atoms. The van der Waals surface area contributed by atoms with Gasteiger partial charge in [-0.3, -0.25) is 4.79 Å². The van der Waals surface area contributed by atoms with Gasteiger partial charge in [0.05, 0.1) is 6.61 Å². The van der Waals surface area contributed by atoms with Crippen LogP contribution in [0, 0.1) is 0 Å². The highest BCUT2D eigenvalue weighted by atomic mass is 16.5. The standard InChI is InChI=1S/C16H24O3.C3H8/c1-2-3-7-14-9-11-15(12-10-14)19-13-6-4-5-8-16(17)18;1-3-2/h9-12H,2-8,13H2,1H3,(H,17,18);3H2,1-2H3. The van der Waals surface area contributed by atoms with Crippen LogP contribution in [0.1, 0.15) is 71.3 Å². The van der Waals surface area contributed by atoms with E-state index in [0.29, 0.717) is 6.61 Å². The Balaban J connectivity index is 0.00000135. The molecule has 1 N–H and O–H groups in total. The minimum atomic E-state index is -0.719. The highest BCUT2D eigenvalue weighted by molar-refractivity contribution is 5.66. The molecule has 0 radical (unpaired) electrons. The molecule has 3 heteroatoms. The van der Waals surface area contributed by atoms with Crippen LogP contribution >= 0.6 is 0 Å². The van der Waals surface area contributed by atoms with Crippen LogP contribution in [0.15, 0.2) is 24.3 Å². The SMILES string of the molecule is CCC.CCCCc1ccc(OCCCCCC(=O)O)cc1. The summed E-state index contributed by atoms with van der Waals surface area (Å²) >= 11 is 0. The first-order chi connectivity index (χ1) is 10.6. The van der Waals surface area contributed by atoms with Crippen molar-refractivity contribution in [3.05, 3.63) is 29.8 Å². The van der Waals surface area contributed by atoms with Gasteiger partial charge in [-0.15, -0.1) is 0 Å². The van der Waals surface area contributed by atoms with Crippen molar-refractivity contribution >= 4 is 5.97 Å². The molecule has 0 aromatic heterocycles. The van der Waals surface area contributed by atoms with Crippen LogP contribution in [0.2, 0.25) is 0 Å². The molecule has 3 nitrogen and oxygen atoms in total. The first-order valence-electron chi connectivity index (χ1n) is 8.57. The molecule has 0 aliphatic rings. The summed E-state index contributed by atoms with van der Waals surface area (Å²) in [5.41, 5.74) is 1.36. The monoisotopic (exact) mass is 308 g/mol. The largest absolute Gasteiger partial charge is 0.494 e. The number of rotatable bonds is 10. The number of carboxylic acids is 1. The number of aryl methyl sites for hydroxylation is 1. The van der Waals surface area contributed by atoms with Gasteiger partial charge in [0.1, 0.15) is 5.75 Å². The van der Waals surface area contributed by atoms with E-state index in [1.165, 1.54) is 24.8 Å². The molecule has 0 unspecified atom stereocenters. The molecule has 1 aromatic carbocycles. The quantitative estimate of drug-likeness (QED) is 0.583. The van der Waals surface area contributed by atoms with Crippen molar-refractivity contribution in [3.8, 4) is 5.75 Å². The fourth-order valence-electron chi connectivity index (χ4n) is 1.88. The van der Waals surface area contributed by atoms with E-state index < -0.39 is 5.97 Å². The Morgan fingerprint density at radius 3 is 2.18 bits per heavy atom. The highest BCUT2D eigenvalue weighted by Crippen LogP contribution is 2.14. The molecule has 0 aliphatic carbocycles. The third-order valence-electron chi connectivity index (χ3n) is 3.05. The molecule has 1 rings (SSSR count).